The predicted octanol–water partition coefficient (Wildman–Crippen LogP) is 5.18. The topological polar surface area (TPSA) is 86.0 Å². The third-order valence-corrected chi connectivity index (χ3v) is 6.34. The van der Waals surface area contributed by atoms with Gasteiger partial charge in [0.05, 0.1) is 16.1 Å². The van der Waals surface area contributed by atoms with Crippen molar-refractivity contribution in [1.82, 2.24) is 9.97 Å². The fraction of sp³-hybridized carbons (Fsp3) is 0.412. The van der Waals surface area contributed by atoms with Crippen LogP contribution >= 0.6 is 27.7 Å². The van der Waals surface area contributed by atoms with E-state index in [0.717, 1.165) is 33.3 Å². The van der Waals surface area contributed by atoms with Gasteiger partial charge in [-0.25, -0.2) is 4.98 Å². The Labute approximate surface area is 167 Å². The molecule has 0 fully saturated rings. The van der Waals surface area contributed by atoms with Crippen LogP contribution in [0, 0.1) is 10.8 Å². The van der Waals surface area contributed by atoms with E-state index in [2.05, 4.69) is 45.5 Å². The number of aromatic nitrogens is 2. The van der Waals surface area contributed by atoms with E-state index < -0.39 is 8.07 Å². The van der Waals surface area contributed by atoms with E-state index in [9.17, 15) is 0 Å². The van der Waals surface area contributed by atoms with Crippen molar-refractivity contribution >= 4 is 62.8 Å². The molecule has 0 bridgehead atoms. The summed E-state index contributed by atoms with van der Waals surface area (Å²) in [5, 5.41) is 16.6. The largest absolute Gasteiger partial charge is 0.361 e. The van der Waals surface area contributed by atoms with Gasteiger partial charge in [0.2, 0.25) is 0 Å². The molecule has 0 aliphatic heterocycles. The third kappa shape index (κ3) is 6.46. The quantitative estimate of drug-likeness (QED) is 0.207. The molecule has 0 aromatic carbocycles. The predicted molar refractivity (Wildman–Crippen MR) is 117 cm³/mol. The molecule has 6 nitrogen and oxygen atoms in total. The van der Waals surface area contributed by atoms with Crippen molar-refractivity contribution in [3.05, 3.63) is 28.9 Å². The Morgan fingerprint density at radius 3 is 2.65 bits per heavy atom. The molecule has 0 saturated carbocycles. The van der Waals surface area contributed by atoms with Gasteiger partial charge in [0, 0.05) is 25.4 Å². The number of ether oxygens (including phenoxy) is 1. The van der Waals surface area contributed by atoms with Gasteiger partial charge in [0.1, 0.15) is 12.5 Å². The van der Waals surface area contributed by atoms with Crippen LogP contribution in [0.25, 0.3) is 11.0 Å². The standard InChI is InChI=1S/C17H24BrN5OSSi/c1-12(19)25-17(20)23(11-24-7-8-26(2,3)4)16-6-5-14-15(22-16)9-13(18)10-21-14/h5-6,9-10,19-20H,7-8,11H2,1-4H3. The summed E-state index contributed by atoms with van der Waals surface area (Å²) in [7, 11) is -1.17. The summed E-state index contributed by atoms with van der Waals surface area (Å²) in [6.07, 6.45) is 1.73. The zero-order chi connectivity index (χ0) is 19.3. The summed E-state index contributed by atoms with van der Waals surface area (Å²) in [4.78, 5) is 10.6. The number of fused-ring (bicyclic) bond motifs is 1. The zero-order valence-corrected chi connectivity index (χ0v) is 18.9. The minimum atomic E-state index is -1.17. The molecule has 0 spiro atoms. The number of hydrogen-bond donors (Lipinski definition) is 2. The molecule has 0 aliphatic rings. The van der Waals surface area contributed by atoms with Crippen molar-refractivity contribution < 1.29 is 4.74 Å². The highest BCUT2D eigenvalue weighted by atomic mass is 79.9. The van der Waals surface area contributed by atoms with Crippen molar-refractivity contribution in [1.29, 1.82) is 10.8 Å². The maximum absolute atomic E-state index is 8.33. The molecule has 0 atom stereocenters. The Morgan fingerprint density at radius 2 is 2.00 bits per heavy atom. The Bertz CT molecular complexity index is 811. The lowest BCUT2D eigenvalue weighted by atomic mass is 10.3. The number of nitrogens with one attached hydrogen (secondary N) is 2. The van der Waals surface area contributed by atoms with Crippen LogP contribution in [0.5, 0.6) is 0 Å². The molecule has 26 heavy (non-hydrogen) atoms. The van der Waals surface area contributed by atoms with Crippen LogP contribution in [0.2, 0.25) is 25.7 Å². The zero-order valence-electron chi connectivity index (χ0n) is 15.5. The van der Waals surface area contributed by atoms with Gasteiger partial charge >= 0.3 is 0 Å². The van der Waals surface area contributed by atoms with Crippen molar-refractivity contribution in [2.45, 2.75) is 32.6 Å². The average molecular weight is 454 g/mol. The highest BCUT2D eigenvalue weighted by Crippen LogP contribution is 2.22. The molecule has 0 saturated heterocycles. The van der Waals surface area contributed by atoms with Crippen molar-refractivity contribution in [3.8, 4) is 0 Å². The third-order valence-electron chi connectivity index (χ3n) is 3.48. The number of rotatable bonds is 6. The van der Waals surface area contributed by atoms with Crippen LogP contribution in [0.1, 0.15) is 6.92 Å². The van der Waals surface area contributed by atoms with Crippen molar-refractivity contribution in [2.75, 3.05) is 18.2 Å². The Kier molecular flexibility index (Phi) is 7.33. The van der Waals surface area contributed by atoms with E-state index in [4.69, 9.17) is 15.6 Å². The fourth-order valence-electron chi connectivity index (χ4n) is 2.08. The van der Waals surface area contributed by atoms with Gasteiger partial charge in [-0.15, -0.1) is 0 Å². The number of halogens is 1. The second kappa shape index (κ2) is 9.07. The lowest BCUT2D eigenvalue weighted by molar-refractivity contribution is 0.155. The van der Waals surface area contributed by atoms with Gasteiger partial charge in [-0.3, -0.25) is 20.7 Å². The van der Waals surface area contributed by atoms with Gasteiger partial charge in [0.15, 0.2) is 5.17 Å². The molecule has 0 unspecified atom stereocenters. The van der Waals surface area contributed by atoms with Crippen molar-refractivity contribution in [2.24, 2.45) is 0 Å². The number of thioether (sulfide) groups is 1. The lowest BCUT2D eigenvalue weighted by Gasteiger charge is -2.24. The second-order valence-electron chi connectivity index (χ2n) is 7.10. The Balaban J connectivity index is 2.21. The fourth-order valence-corrected chi connectivity index (χ4v) is 3.71. The minimum absolute atomic E-state index is 0.223. The highest BCUT2D eigenvalue weighted by Gasteiger charge is 2.18. The Hall–Kier alpha value is -1.29. The van der Waals surface area contributed by atoms with Crippen LogP contribution in [0.3, 0.4) is 0 Å². The van der Waals surface area contributed by atoms with E-state index in [1.807, 2.05) is 18.2 Å². The van der Waals surface area contributed by atoms with Gasteiger partial charge in [0.25, 0.3) is 0 Å². The normalized spacial score (nSPS) is 11.6. The van der Waals surface area contributed by atoms with Gasteiger partial charge in [-0.1, -0.05) is 19.6 Å². The molecule has 2 rings (SSSR count). The van der Waals surface area contributed by atoms with E-state index >= 15 is 0 Å². The second-order valence-corrected chi connectivity index (χ2v) is 14.8. The summed E-state index contributed by atoms with van der Waals surface area (Å²) in [5.41, 5.74) is 1.53. The van der Waals surface area contributed by atoms with E-state index in [1.165, 1.54) is 0 Å². The molecule has 0 amide bonds. The van der Waals surface area contributed by atoms with E-state index in [1.54, 1.807) is 18.0 Å². The van der Waals surface area contributed by atoms with Crippen LogP contribution in [0.15, 0.2) is 28.9 Å². The monoisotopic (exact) mass is 453 g/mol. The molecule has 2 N–H and O–H groups in total. The molecule has 140 valence electrons. The van der Waals surface area contributed by atoms with Crippen LogP contribution in [0.4, 0.5) is 5.82 Å². The first kappa shape index (κ1) is 21.0. The first-order valence-electron chi connectivity index (χ1n) is 8.25. The number of amidine groups is 1. The summed E-state index contributed by atoms with van der Waals surface area (Å²) in [5.74, 6) is 0.615. The summed E-state index contributed by atoms with van der Waals surface area (Å²) < 4.78 is 6.69. The first-order chi connectivity index (χ1) is 12.2. The highest BCUT2D eigenvalue weighted by molar-refractivity contribution is 9.10. The minimum Gasteiger partial charge on any atom is -0.361 e. The van der Waals surface area contributed by atoms with Crippen LogP contribution < -0.4 is 4.90 Å². The smallest absolute Gasteiger partial charge is 0.170 e. The van der Waals surface area contributed by atoms with Crippen molar-refractivity contribution in [3.63, 3.8) is 0 Å². The summed E-state index contributed by atoms with van der Waals surface area (Å²) >= 11 is 4.50. The molecular weight excluding hydrogens is 430 g/mol. The lowest BCUT2D eigenvalue weighted by Crippen LogP contribution is -2.33. The summed E-state index contributed by atoms with van der Waals surface area (Å²) in [6, 6.07) is 6.68. The first-order valence-corrected chi connectivity index (χ1v) is 13.6. The molecule has 0 aliphatic carbocycles. The molecule has 2 aromatic heterocycles. The van der Waals surface area contributed by atoms with E-state index in [0.29, 0.717) is 17.5 Å². The van der Waals surface area contributed by atoms with Gasteiger partial charge < -0.3 is 4.74 Å². The number of pyridine rings is 2. The molecule has 2 heterocycles. The maximum Gasteiger partial charge on any atom is 0.170 e. The SMILES string of the molecule is CC(=N)SC(=N)N(COCC[Si](C)(C)C)c1ccc2ncc(Br)cc2n1. The molecule has 9 heteroatoms. The van der Waals surface area contributed by atoms with Gasteiger partial charge in [-0.2, -0.15) is 0 Å². The molecular formula is C17H24BrN5OSSi. The maximum atomic E-state index is 8.33. The number of hydrogen-bond acceptors (Lipinski definition) is 6. The Morgan fingerprint density at radius 1 is 1.27 bits per heavy atom. The van der Waals surface area contributed by atoms with Gasteiger partial charge in [-0.05, 0) is 58.9 Å². The van der Waals surface area contributed by atoms with E-state index in [-0.39, 0.29) is 11.9 Å². The number of nitrogens with zero attached hydrogens (tertiary/aromatic N) is 3. The summed E-state index contributed by atoms with van der Waals surface area (Å²) in [6.45, 7) is 9.48. The van der Waals surface area contributed by atoms with Crippen LogP contribution in [-0.4, -0.2) is 41.6 Å². The molecule has 2 aromatic rings. The average Bonchev–Trinajstić information content (AvgIpc) is 2.52. The molecule has 0 radical (unpaired) electrons. The number of anilines is 1. The van der Waals surface area contributed by atoms with Crippen LogP contribution in [-0.2, 0) is 4.74 Å².